The van der Waals surface area contributed by atoms with Gasteiger partial charge in [-0.2, -0.15) is 0 Å². The van der Waals surface area contributed by atoms with Crippen LogP contribution in [0, 0.1) is 6.92 Å². The van der Waals surface area contributed by atoms with Gasteiger partial charge in [0.2, 0.25) is 0 Å². The molecule has 126 valence electrons. The maximum Gasteiger partial charge on any atom is 0.280 e. The number of anilines is 2. The summed E-state index contributed by atoms with van der Waals surface area (Å²) in [5.74, 6) is -0.614. The van der Waals surface area contributed by atoms with E-state index >= 15 is 0 Å². The summed E-state index contributed by atoms with van der Waals surface area (Å²) in [6.07, 6.45) is 0. The standard InChI is InChI=1S/C18H15N3O3S/c1-10-6-5-9-13-14(10)20-17(25-13)21-16(23)18(2)15(22)19-11-7-3-4-8-12(11)24-18/h3-9H,1-2H3,(H,19,22)(H,20,21,23). The average Bonchev–Trinajstić information content (AvgIpc) is 3.00. The highest BCUT2D eigenvalue weighted by molar-refractivity contribution is 7.22. The minimum atomic E-state index is -1.67. The van der Waals surface area contributed by atoms with Gasteiger partial charge in [-0.3, -0.25) is 14.9 Å². The lowest BCUT2D eigenvalue weighted by atomic mass is 10.0. The van der Waals surface area contributed by atoms with Crippen LogP contribution in [-0.2, 0) is 9.59 Å². The number of amides is 2. The van der Waals surface area contributed by atoms with Gasteiger partial charge in [0.25, 0.3) is 17.4 Å². The zero-order valence-electron chi connectivity index (χ0n) is 13.6. The molecule has 2 aromatic carbocycles. The van der Waals surface area contributed by atoms with Crippen LogP contribution in [0.2, 0.25) is 0 Å². The lowest BCUT2D eigenvalue weighted by Gasteiger charge is -2.32. The molecule has 2 N–H and O–H groups in total. The molecular formula is C18H15N3O3S. The van der Waals surface area contributed by atoms with Gasteiger partial charge in [-0.25, -0.2) is 4.98 Å². The van der Waals surface area contributed by atoms with Gasteiger partial charge in [0.05, 0.1) is 15.9 Å². The van der Waals surface area contributed by atoms with E-state index in [0.29, 0.717) is 16.6 Å². The quantitative estimate of drug-likeness (QED) is 0.693. The van der Waals surface area contributed by atoms with E-state index in [4.69, 9.17) is 4.74 Å². The second kappa shape index (κ2) is 5.56. The summed E-state index contributed by atoms with van der Waals surface area (Å²) in [4.78, 5) is 29.6. The molecule has 1 aliphatic rings. The average molecular weight is 353 g/mol. The Balaban J connectivity index is 1.63. The molecule has 1 atom stereocenters. The zero-order valence-corrected chi connectivity index (χ0v) is 14.4. The summed E-state index contributed by atoms with van der Waals surface area (Å²) >= 11 is 1.36. The Morgan fingerprint density at radius 3 is 2.84 bits per heavy atom. The highest BCUT2D eigenvalue weighted by Gasteiger charge is 2.47. The SMILES string of the molecule is Cc1cccc2sc(NC(=O)C3(C)Oc4ccccc4NC3=O)nc12. The summed E-state index contributed by atoms with van der Waals surface area (Å²) in [7, 11) is 0. The number of aromatic nitrogens is 1. The molecule has 25 heavy (non-hydrogen) atoms. The molecule has 0 fully saturated rings. The fraction of sp³-hybridized carbons (Fsp3) is 0.167. The Hall–Kier alpha value is -2.93. The molecule has 0 spiro atoms. The monoisotopic (exact) mass is 353 g/mol. The van der Waals surface area contributed by atoms with Crippen molar-refractivity contribution in [2.75, 3.05) is 10.6 Å². The van der Waals surface area contributed by atoms with Crippen molar-refractivity contribution < 1.29 is 14.3 Å². The summed E-state index contributed by atoms with van der Waals surface area (Å²) < 4.78 is 6.69. The van der Waals surface area contributed by atoms with E-state index in [1.54, 1.807) is 24.3 Å². The van der Waals surface area contributed by atoms with Gasteiger partial charge in [-0.05, 0) is 37.6 Å². The first-order valence-corrected chi connectivity index (χ1v) is 8.56. The van der Waals surface area contributed by atoms with E-state index in [-0.39, 0.29) is 0 Å². The number of nitrogens with one attached hydrogen (secondary N) is 2. The van der Waals surface area contributed by atoms with E-state index < -0.39 is 17.4 Å². The van der Waals surface area contributed by atoms with Crippen LogP contribution in [0.3, 0.4) is 0 Å². The normalized spacial score (nSPS) is 19.0. The number of hydrogen-bond donors (Lipinski definition) is 2. The number of rotatable bonds is 2. The minimum Gasteiger partial charge on any atom is -0.466 e. The number of fused-ring (bicyclic) bond motifs is 2. The van der Waals surface area contributed by atoms with Crippen molar-refractivity contribution >= 4 is 44.2 Å². The molecule has 0 radical (unpaired) electrons. The van der Waals surface area contributed by atoms with Gasteiger partial charge < -0.3 is 10.1 Å². The van der Waals surface area contributed by atoms with Crippen LogP contribution in [0.4, 0.5) is 10.8 Å². The fourth-order valence-electron chi connectivity index (χ4n) is 2.67. The van der Waals surface area contributed by atoms with Crippen molar-refractivity contribution in [1.29, 1.82) is 0 Å². The molecule has 0 aliphatic carbocycles. The van der Waals surface area contributed by atoms with Crippen LogP contribution in [0.15, 0.2) is 42.5 Å². The van der Waals surface area contributed by atoms with Crippen molar-refractivity contribution in [1.82, 2.24) is 4.98 Å². The van der Waals surface area contributed by atoms with E-state index in [2.05, 4.69) is 15.6 Å². The third-order valence-corrected chi connectivity index (χ3v) is 5.09. The number of benzene rings is 2. The van der Waals surface area contributed by atoms with Crippen LogP contribution in [-0.4, -0.2) is 22.4 Å². The van der Waals surface area contributed by atoms with Gasteiger partial charge >= 0.3 is 0 Å². The lowest BCUT2D eigenvalue weighted by molar-refractivity contribution is -0.143. The molecule has 6 nitrogen and oxygen atoms in total. The van der Waals surface area contributed by atoms with Crippen LogP contribution < -0.4 is 15.4 Å². The Kier molecular flexibility index (Phi) is 3.47. The number of thiazole rings is 1. The second-order valence-electron chi connectivity index (χ2n) is 5.98. The molecular weight excluding hydrogens is 338 g/mol. The number of nitrogens with zero attached hydrogens (tertiary/aromatic N) is 1. The number of ether oxygens (including phenoxy) is 1. The zero-order chi connectivity index (χ0) is 17.6. The molecule has 7 heteroatoms. The van der Waals surface area contributed by atoms with Gasteiger partial charge in [0.15, 0.2) is 5.13 Å². The van der Waals surface area contributed by atoms with Gasteiger partial charge in [0, 0.05) is 0 Å². The maximum atomic E-state index is 12.7. The highest BCUT2D eigenvalue weighted by atomic mass is 32.1. The molecule has 2 amide bonds. The summed E-state index contributed by atoms with van der Waals surface area (Å²) in [5, 5.41) is 5.86. The summed E-state index contributed by atoms with van der Waals surface area (Å²) in [5.41, 5.74) is 0.753. The van der Waals surface area contributed by atoms with Crippen LogP contribution in [0.1, 0.15) is 12.5 Å². The third-order valence-electron chi connectivity index (χ3n) is 4.16. The molecule has 0 saturated heterocycles. The predicted octanol–water partition coefficient (Wildman–Crippen LogP) is 3.33. The molecule has 1 aromatic heterocycles. The first-order valence-electron chi connectivity index (χ1n) is 7.74. The van der Waals surface area contributed by atoms with Crippen LogP contribution in [0.25, 0.3) is 10.2 Å². The van der Waals surface area contributed by atoms with Gasteiger partial charge in [0.1, 0.15) is 5.75 Å². The topological polar surface area (TPSA) is 80.3 Å². The van der Waals surface area contributed by atoms with E-state index in [1.807, 2.05) is 25.1 Å². The number of hydrogen-bond acceptors (Lipinski definition) is 5. The molecule has 0 bridgehead atoms. The first-order chi connectivity index (χ1) is 12.0. The fourth-order valence-corrected chi connectivity index (χ4v) is 3.61. The smallest absolute Gasteiger partial charge is 0.280 e. The lowest BCUT2D eigenvalue weighted by Crippen LogP contribution is -2.56. The van der Waals surface area contributed by atoms with Gasteiger partial charge in [-0.15, -0.1) is 0 Å². The number of aryl methyl sites for hydroxylation is 1. The summed E-state index contributed by atoms with van der Waals surface area (Å²) in [6.45, 7) is 3.41. The number of carbonyl (C=O) groups is 2. The van der Waals surface area contributed by atoms with Crippen LogP contribution >= 0.6 is 11.3 Å². The summed E-state index contributed by atoms with van der Waals surface area (Å²) in [6, 6.07) is 12.8. The Labute approximate surface area is 147 Å². The van der Waals surface area contributed by atoms with E-state index in [9.17, 15) is 9.59 Å². The second-order valence-corrected chi connectivity index (χ2v) is 7.01. The first kappa shape index (κ1) is 15.6. The molecule has 1 aliphatic heterocycles. The van der Waals surface area contributed by atoms with E-state index in [1.165, 1.54) is 18.3 Å². The molecule has 2 heterocycles. The van der Waals surface area contributed by atoms with Crippen molar-refractivity contribution in [3.63, 3.8) is 0 Å². The molecule has 1 unspecified atom stereocenters. The number of para-hydroxylation sites is 3. The highest BCUT2D eigenvalue weighted by Crippen LogP contribution is 2.34. The van der Waals surface area contributed by atoms with Crippen LogP contribution in [0.5, 0.6) is 5.75 Å². The van der Waals surface area contributed by atoms with Crippen molar-refractivity contribution in [3.8, 4) is 5.75 Å². The van der Waals surface area contributed by atoms with Crippen molar-refractivity contribution in [3.05, 3.63) is 48.0 Å². The van der Waals surface area contributed by atoms with Crippen molar-refractivity contribution in [2.45, 2.75) is 19.4 Å². The minimum absolute atomic E-state index is 0.436. The van der Waals surface area contributed by atoms with E-state index in [0.717, 1.165) is 15.8 Å². The number of carbonyl (C=O) groups excluding carboxylic acids is 2. The Morgan fingerprint density at radius 2 is 2.04 bits per heavy atom. The Morgan fingerprint density at radius 1 is 1.24 bits per heavy atom. The Bertz CT molecular complexity index is 1010. The largest absolute Gasteiger partial charge is 0.466 e. The molecule has 4 rings (SSSR count). The third kappa shape index (κ3) is 2.53. The van der Waals surface area contributed by atoms with Crippen molar-refractivity contribution in [2.24, 2.45) is 0 Å². The van der Waals surface area contributed by atoms with Gasteiger partial charge in [-0.1, -0.05) is 35.6 Å². The maximum absolute atomic E-state index is 12.7. The predicted molar refractivity (Wildman–Crippen MR) is 97.1 cm³/mol. The molecule has 0 saturated carbocycles. The molecule has 3 aromatic rings.